The molecule has 100 valence electrons. The predicted octanol–water partition coefficient (Wildman–Crippen LogP) is 0.976. The number of carbonyl (C=O) groups excluding carboxylic acids is 2. The van der Waals surface area contributed by atoms with E-state index in [0.717, 1.165) is 0 Å². The smallest absolute Gasteiger partial charge is 0.335 e. The molecule has 0 bridgehead atoms. The topological polar surface area (TPSA) is 72.8 Å². The van der Waals surface area contributed by atoms with Crippen LogP contribution in [-0.2, 0) is 19.1 Å². The molecule has 1 rings (SSSR count). The highest BCUT2D eigenvalue weighted by molar-refractivity contribution is 5.99. The average molecular weight is 254 g/mol. The lowest BCUT2D eigenvalue weighted by Gasteiger charge is -2.36. The lowest BCUT2D eigenvalue weighted by Crippen LogP contribution is -2.47. The molecule has 0 aromatic carbocycles. The number of allylic oxidation sites excluding steroid dienone is 2. The summed E-state index contributed by atoms with van der Waals surface area (Å²) in [7, 11) is 2.47. The third-order valence-electron chi connectivity index (χ3n) is 3.14. The van der Waals surface area contributed by atoms with Crippen molar-refractivity contribution in [1.82, 2.24) is 0 Å². The Bertz CT molecular complexity index is 396. The predicted molar refractivity (Wildman–Crippen MR) is 64.6 cm³/mol. The van der Waals surface area contributed by atoms with Gasteiger partial charge in [-0.1, -0.05) is 31.6 Å². The molecule has 5 nitrogen and oxygen atoms in total. The Kier molecular flexibility index (Phi) is 4.67. The molecule has 0 aromatic rings. The van der Waals surface area contributed by atoms with Gasteiger partial charge >= 0.3 is 11.9 Å². The van der Waals surface area contributed by atoms with Crippen LogP contribution in [0.5, 0.6) is 0 Å². The largest absolute Gasteiger partial charge is 0.468 e. The minimum Gasteiger partial charge on any atom is -0.468 e. The first-order valence-electron chi connectivity index (χ1n) is 5.78. The van der Waals surface area contributed by atoms with Crippen LogP contribution in [0.1, 0.15) is 19.8 Å². The van der Waals surface area contributed by atoms with Crippen molar-refractivity contribution in [3.63, 3.8) is 0 Å². The van der Waals surface area contributed by atoms with E-state index in [1.54, 1.807) is 0 Å². The first kappa shape index (κ1) is 14.4. The molecule has 0 radical (unpaired) electrons. The second kappa shape index (κ2) is 5.82. The van der Waals surface area contributed by atoms with Crippen molar-refractivity contribution in [3.05, 3.63) is 23.8 Å². The molecule has 1 aliphatic rings. The van der Waals surface area contributed by atoms with Gasteiger partial charge in [-0.05, 0) is 6.42 Å². The van der Waals surface area contributed by atoms with E-state index in [4.69, 9.17) is 4.74 Å². The molecular weight excluding hydrogens is 236 g/mol. The normalized spacial score (nSPS) is 26.4. The Balaban J connectivity index is 3.33. The molecule has 1 aliphatic carbocycles. The van der Waals surface area contributed by atoms with Crippen LogP contribution in [0.25, 0.3) is 0 Å². The van der Waals surface area contributed by atoms with Crippen molar-refractivity contribution in [1.29, 1.82) is 0 Å². The Morgan fingerprint density at radius 2 is 2.06 bits per heavy atom. The fraction of sp³-hybridized carbons (Fsp3) is 0.538. The first-order valence-corrected chi connectivity index (χ1v) is 5.78. The number of ether oxygens (including phenoxy) is 2. The summed E-state index contributed by atoms with van der Waals surface area (Å²) >= 11 is 0. The van der Waals surface area contributed by atoms with E-state index in [1.807, 2.05) is 6.92 Å². The number of aliphatic hydroxyl groups is 1. The van der Waals surface area contributed by atoms with Crippen LogP contribution in [0.2, 0.25) is 0 Å². The third kappa shape index (κ3) is 2.18. The Morgan fingerprint density at radius 1 is 1.39 bits per heavy atom. The highest BCUT2D eigenvalue weighted by Crippen LogP contribution is 2.41. The number of rotatable bonds is 4. The summed E-state index contributed by atoms with van der Waals surface area (Å²) in [5.74, 6) is -1.25. The molecule has 0 unspecified atom stereocenters. The third-order valence-corrected chi connectivity index (χ3v) is 3.14. The molecular formula is C13H18O5. The minimum atomic E-state index is -1.37. The van der Waals surface area contributed by atoms with E-state index in [1.165, 1.54) is 32.4 Å². The molecule has 0 saturated heterocycles. The van der Waals surface area contributed by atoms with Crippen LogP contribution in [0, 0.1) is 5.41 Å². The molecule has 1 N–H and O–H groups in total. The number of hydrogen-bond donors (Lipinski definition) is 1. The lowest BCUT2D eigenvalue weighted by atomic mass is 9.69. The van der Waals surface area contributed by atoms with Crippen molar-refractivity contribution < 1.29 is 24.2 Å². The monoisotopic (exact) mass is 254 g/mol. The number of methoxy groups -OCH3 is 2. The van der Waals surface area contributed by atoms with Crippen LogP contribution >= 0.6 is 0 Å². The molecule has 0 spiro atoms. The summed E-state index contributed by atoms with van der Waals surface area (Å²) in [4.78, 5) is 23.8. The zero-order valence-electron chi connectivity index (χ0n) is 10.8. The van der Waals surface area contributed by atoms with Gasteiger partial charge in [0.15, 0.2) is 0 Å². The van der Waals surface area contributed by atoms with Gasteiger partial charge in [0.25, 0.3) is 0 Å². The average Bonchev–Trinajstić information content (AvgIpc) is 2.39. The molecule has 0 fully saturated rings. The summed E-state index contributed by atoms with van der Waals surface area (Å²) < 4.78 is 9.43. The van der Waals surface area contributed by atoms with Gasteiger partial charge in [-0.3, -0.25) is 4.79 Å². The van der Waals surface area contributed by atoms with Gasteiger partial charge in [-0.15, -0.1) is 0 Å². The van der Waals surface area contributed by atoms with E-state index in [-0.39, 0.29) is 5.57 Å². The lowest BCUT2D eigenvalue weighted by molar-refractivity contribution is -0.159. The number of aliphatic hydroxyl groups excluding tert-OH is 1. The molecule has 2 atom stereocenters. The molecule has 0 heterocycles. The maximum absolute atomic E-state index is 12.1. The molecule has 0 aromatic heterocycles. The number of hydrogen-bond acceptors (Lipinski definition) is 5. The van der Waals surface area contributed by atoms with E-state index < -0.39 is 23.5 Å². The fourth-order valence-corrected chi connectivity index (χ4v) is 2.28. The Morgan fingerprint density at radius 3 is 2.56 bits per heavy atom. The van der Waals surface area contributed by atoms with E-state index in [9.17, 15) is 14.7 Å². The maximum Gasteiger partial charge on any atom is 0.335 e. The van der Waals surface area contributed by atoms with Crippen molar-refractivity contribution >= 4 is 11.9 Å². The SMILES string of the molecule is CCC[C@@]1(C(=O)OC)C(C(=O)OC)=CC=C[C@H]1O. The zero-order valence-corrected chi connectivity index (χ0v) is 10.8. The van der Waals surface area contributed by atoms with Gasteiger partial charge < -0.3 is 14.6 Å². The minimum absolute atomic E-state index is 0.133. The summed E-state index contributed by atoms with van der Waals surface area (Å²) in [6.07, 6.45) is 4.34. The highest BCUT2D eigenvalue weighted by atomic mass is 16.5. The van der Waals surface area contributed by atoms with Gasteiger partial charge in [-0.25, -0.2) is 4.79 Å². The van der Waals surface area contributed by atoms with E-state index in [2.05, 4.69) is 4.74 Å². The van der Waals surface area contributed by atoms with Gasteiger partial charge in [0.2, 0.25) is 0 Å². The second-order valence-electron chi connectivity index (χ2n) is 4.11. The van der Waals surface area contributed by atoms with Crippen LogP contribution < -0.4 is 0 Å². The van der Waals surface area contributed by atoms with Gasteiger partial charge in [0, 0.05) is 0 Å². The van der Waals surface area contributed by atoms with Crippen molar-refractivity contribution in [3.8, 4) is 0 Å². The van der Waals surface area contributed by atoms with Crippen LogP contribution in [0.15, 0.2) is 23.8 Å². The van der Waals surface area contributed by atoms with Crippen LogP contribution in [0.3, 0.4) is 0 Å². The number of esters is 2. The Labute approximate surface area is 106 Å². The summed E-state index contributed by atoms with van der Waals surface area (Å²) in [5.41, 5.74) is -1.24. The van der Waals surface area contributed by atoms with Gasteiger partial charge in [-0.2, -0.15) is 0 Å². The van der Waals surface area contributed by atoms with Crippen LogP contribution in [0.4, 0.5) is 0 Å². The van der Waals surface area contributed by atoms with Crippen molar-refractivity contribution in [2.75, 3.05) is 14.2 Å². The van der Waals surface area contributed by atoms with Crippen molar-refractivity contribution in [2.24, 2.45) is 5.41 Å². The molecule has 0 amide bonds. The summed E-state index contributed by atoms with van der Waals surface area (Å²) in [5, 5.41) is 10.1. The highest BCUT2D eigenvalue weighted by Gasteiger charge is 2.51. The molecule has 0 aliphatic heterocycles. The van der Waals surface area contributed by atoms with Crippen molar-refractivity contribution in [2.45, 2.75) is 25.9 Å². The molecule has 18 heavy (non-hydrogen) atoms. The van der Waals surface area contributed by atoms with E-state index >= 15 is 0 Å². The van der Waals surface area contributed by atoms with Gasteiger partial charge in [0.1, 0.15) is 5.41 Å². The van der Waals surface area contributed by atoms with E-state index in [0.29, 0.717) is 12.8 Å². The van der Waals surface area contributed by atoms with Gasteiger partial charge in [0.05, 0.1) is 25.9 Å². The number of carbonyl (C=O) groups is 2. The maximum atomic E-state index is 12.1. The Hall–Kier alpha value is -1.62. The quantitative estimate of drug-likeness (QED) is 0.757. The second-order valence-corrected chi connectivity index (χ2v) is 4.11. The van der Waals surface area contributed by atoms with Crippen LogP contribution in [-0.4, -0.2) is 37.4 Å². The summed E-state index contributed by atoms with van der Waals surface area (Å²) in [6.45, 7) is 1.87. The standard InChI is InChI=1S/C13H18O5/c1-4-8-13(12(16)18-3)9(11(15)17-2)6-5-7-10(13)14/h5-7,10,14H,4,8H2,1-3H3/t10-,13-/m1/s1. The summed E-state index contributed by atoms with van der Waals surface area (Å²) in [6, 6.07) is 0. The first-order chi connectivity index (χ1) is 8.54. The molecule has 0 saturated carbocycles. The zero-order chi connectivity index (χ0) is 13.8. The molecule has 5 heteroatoms. The fourth-order valence-electron chi connectivity index (χ4n) is 2.28.